The molecule has 2 aromatic carbocycles. The smallest absolute Gasteiger partial charge is 0.243 e. The number of carbonyl (C=O) groups excluding carboxylic acids is 1. The molecule has 1 amide bonds. The number of anilines is 2. The topological polar surface area (TPSA) is 106 Å². The molecule has 170 valence electrons. The molecular weight excluding hydrogens is 455 g/mol. The highest BCUT2D eigenvalue weighted by atomic mass is 35.5. The molecule has 10 heteroatoms. The Morgan fingerprint density at radius 2 is 1.88 bits per heavy atom. The first kappa shape index (κ1) is 23.8. The monoisotopic (exact) mass is 478 g/mol. The maximum atomic E-state index is 11.0. The van der Waals surface area contributed by atoms with Gasteiger partial charge < -0.3 is 14.8 Å². The molecule has 0 bridgehead atoms. The van der Waals surface area contributed by atoms with E-state index in [-0.39, 0.29) is 5.91 Å². The zero-order chi connectivity index (χ0) is 22.9. The Bertz CT molecular complexity index is 1080. The number of hydrogen-bond donors (Lipinski definition) is 3. The summed E-state index contributed by atoms with van der Waals surface area (Å²) in [5, 5.41) is 13.5. The van der Waals surface area contributed by atoms with Crippen LogP contribution in [0.2, 0.25) is 10.0 Å². The van der Waals surface area contributed by atoms with Crippen molar-refractivity contribution in [3.8, 4) is 11.5 Å². The van der Waals surface area contributed by atoms with Crippen molar-refractivity contribution in [3.63, 3.8) is 0 Å². The van der Waals surface area contributed by atoms with Gasteiger partial charge in [-0.25, -0.2) is 15.4 Å². The summed E-state index contributed by atoms with van der Waals surface area (Å²) in [7, 11) is 1.58. The SMILES string of the molecule is COc1cc2ncnc(Nc3ccc(Cl)cc3Cl)c2cc1OCCCCCCC(=O)NO. The number of carbonyl (C=O) groups is 1. The average Bonchev–Trinajstić information content (AvgIpc) is 2.79. The molecule has 0 saturated carbocycles. The van der Waals surface area contributed by atoms with Crippen molar-refractivity contribution in [3.05, 3.63) is 46.7 Å². The zero-order valence-electron chi connectivity index (χ0n) is 17.5. The number of fused-ring (bicyclic) bond motifs is 1. The van der Waals surface area contributed by atoms with Crippen molar-refractivity contribution in [2.45, 2.75) is 32.1 Å². The molecule has 0 fully saturated rings. The van der Waals surface area contributed by atoms with Gasteiger partial charge in [0.05, 0.1) is 29.9 Å². The van der Waals surface area contributed by atoms with Gasteiger partial charge in [0.15, 0.2) is 11.5 Å². The Morgan fingerprint density at radius 1 is 1.06 bits per heavy atom. The lowest BCUT2D eigenvalue weighted by atomic mass is 10.1. The third-order valence-corrected chi connectivity index (χ3v) is 5.33. The number of nitrogens with one attached hydrogen (secondary N) is 2. The van der Waals surface area contributed by atoms with Crippen molar-refractivity contribution in [2.24, 2.45) is 0 Å². The van der Waals surface area contributed by atoms with Crippen LogP contribution in [0.3, 0.4) is 0 Å². The molecule has 0 aliphatic heterocycles. The summed E-state index contributed by atoms with van der Waals surface area (Å²) >= 11 is 12.3. The van der Waals surface area contributed by atoms with Crippen LogP contribution >= 0.6 is 23.2 Å². The van der Waals surface area contributed by atoms with Crippen LogP contribution < -0.4 is 20.3 Å². The van der Waals surface area contributed by atoms with E-state index in [1.54, 1.807) is 36.9 Å². The molecule has 3 rings (SSSR count). The van der Waals surface area contributed by atoms with E-state index in [0.717, 1.165) is 24.6 Å². The molecule has 0 aliphatic rings. The number of ether oxygens (including phenoxy) is 2. The molecule has 8 nitrogen and oxygen atoms in total. The maximum Gasteiger partial charge on any atom is 0.243 e. The minimum Gasteiger partial charge on any atom is -0.493 e. The van der Waals surface area contributed by atoms with E-state index >= 15 is 0 Å². The van der Waals surface area contributed by atoms with E-state index in [9.17, 15) is 4.79 Å². The third kappa shape index (κ3) is 6.35. The minimum absolute atomic E-state index is 0.309. The lowest BCUT2D eigenvalue weighted by Crippen LogP contribution is -2.17. The van der Waals surface area contributed by atoms with Crippen LogP contribution in [0, 0.1) is 0 Å². The van der Waals surface area contributed by atoms with Gasteiger partial charge in [-0.05, 0) is 37.1 Å². The second-order valence-electron chi connectivity index (χ2n) is 7.04. The number of unbranched alkanes of at least 4 members (excludes halogenated alkanes) is 3. The molecule has 0 unspecified atom stereocenters. The largest absolute Gasteiger partial charge is 0.493 e. The predicted molar refractivity (Wildman–Crippen MR) is 124 cm³/mol. The van der Waals surface area contributed by atoms with E-state index in [0.29, 0.717) is 58.0 Å². The van der Waals surface area contributed by atoms with Crippen LogP contribution in [0.25, 0.3) is 10.9 Å². The lowest BCUT2D eigenvalue weighted by Gasteiger charge is -2.14. The Morgan fingerprint density at radius 3 is 2.62 bits per heavy atom. The summed E-state index contributed by atoms with van der Waals surface area (Å²) in [6, 6.07) is 8.82. The predicted octanol–water partition coefficient (Wildman–Crippen LogP) is 5.52. The summed E-state index contributed by atoms with van der Waals surface area (Å²) < 4.78 is 11.4. The van der Waals surface area contributed by atoms with Crippen LogP contribution in [-0.4, -0.2) is 34.8 Å². The Balaban J connectivity index is 1.70. The molecule has 3 aromatic rings. The van der Waals surface area contributed by atoms with Crippen molar-refractivity contribution in [1.29, 1.82) is 0 Å². The van der Waals surface area contributed by atoms with Gasteiger partial charge in [-0.1, -0.05) is 36.0 Å². The highest BCUT2D eigenvalue weighted by molar-refractivity contribution is 6.36. The number of amides is 1. The van der Waals surface area contributed by atoms with Crippen LogP contribution in [-0.2, 0) is 4.79 Å². The van der Waals surface area contributed by atoms with Gasteiger partial charge in [-0.2, -0.15) is 0 Å². The number of methoxy groups -OCH3 is 1. The van der Waals surface area contributed by atoms with E-state index in [1.165, 1.54) is 6.33 Å². The van der Waals surface area contributed by atoms with Crippen LogP contribution in [0.5, 0.6) is 11.5 Å². The van der Waals surface area contributed by atoms with Crippen molar-refractivity contribution >= 4 is 51.5 Å². The van der Waals surface area contributed by atoms with E-state index in [4.69, 9.17) is 37.9 Å². The van der Waals surface area contributed by atoms with Gasteiger partial charge in [-0.3, -0.25) is 10.0 Å². The van der Waals surface area contributed by atoms with Crippen molar-refractivity contribution in [1.82, 2.24) is 15.4 Å². The minimum atomic E-state index is -0.367. The molecule has 0 spiro atoms. The number of benzene rings is 2. The Hall–Kier alpha value is -2.81. The first-order valence-corrected chi connectivity index (χ1v) is 10.9. The number of hydroxylamine groups is 1. The van der Waals surface area contributed by atoms with Crippen LogP contribution in [0.15, 0.2) is 36.7 Å². The summed E-state index contributed by atoms with van der Waals surface area (Å²) in [6.45, 7) is 0.494. The second-order valence-corrected chi connectivity index (χ2v) is 7.88. The standard InChI is InChI=1S/C22H24Cl2N4O4/c1-31-19-12-18-15(11-20(19)32-9-5-3-2-4-6-21(29)28-30)22(26-13-25-18)27-17-8-7-14(23)10-16(17)24/h7-8,10-13,30H,2-6,9H2,1H3,(H,28,29)(H,25,26,27). The van der Waals surface area contributed by atoms with Gasteiger partial charge >= 0.3 is 0 Å². The van der Waals surface area contributed by atoms with Crippen molar-refractivity contribution < 1.29 is 19.5 Å². The Kier molecular flexibility index (Phi) is 8.72. The zero-order valence-corrected chi connectivity index (χ0v) is 19.0. The molecule has 0 aliphatic carbocycles. The first-order valence-electron chi connectivity index (χ1n) is 10.1. The van der Waals surface area contributed by atoms with Gasteiger partial charge in [0.25, 0.3) is 0 Å². The second kappa shape index (κ2) is 11.7. The lowest BCUT2D eigenvalue weighted by molar-refractivity contribution is -0.129. The van der Waals surface area contributed by atoms with Crippen molar-refractivity contribution in [2.75, 3.05) is 19.0 Å². The molecule has 1 heterocycles. The van der Waals surface area contributed by atoms with Gasteiger partial charge in [0.1, 0.15) is 12.1 Å². The van der Waals surface area contributed by atoms with Gasteiger partial charge in [0.2, 0.25) is 5.91 Å². The summed E-state index contributed by atoms with van der Waals surface area (Å²) in [5.41, 5.74) is 3.00. The number of hydrogen-bond acceptors (Lipinski definition) is 7. The fourth-order valence-corrected chi connectivity index (χ4v) is 3.59. The summed E-state index contributed by atoms with van der Waals surface area (Å²) in [4.78, 5) is 19.7. The molecule has 32 heavy (non-hydrogen) atoms. The van der Waals surface area contributed by atoms with E-state index in [1.807, 2.05) is 6.07 Å². The average molecular weight is 479 g/mol. The molecule has 3 N–H and O–H groups in total. The highest BCUT2D eigenvalue weighted by Crippen LogP contribution is 2.36. The summed E-state index contributed by atoms with van der Waals surface area (Å²) in [5.74, 6) is 1.37. The molecule has 0 radical (unpaired) electrons. The summed E-state index contributed by atoms with van der Waals surface area (Å²) in [6.07, 6.45) is 5.08. The normalized spacial score (nSPS) is 10.8. The maximum absolute atomic E-state index is 11.0. The van der Waals surface area contributed by atoms with E-state index < -0.39 is 0 Å². The quantitative estimate of drug-likeness (QED) is 0.189. The van der Waals surface area contributed by atoms with Gasteiger partial charge in [0, 0.05) is 22.9 Å². The number of halogens is 2. The van der Waals surface area contributed by atoms with Crippen LogP contribution in [0.1, 0.15) is 32.1 Å². The highest BCUT2D eigenvalue weighted by Gasteiger charge is 2.13. The van der Waals surface area contributed by atoms with Crippen LogP contribution in [0.4, 0.5) is 11.5 Å². The molecular formula is C22H24Cl2N4O4. The fourth-order valence-electron chi connectivity index (χ4n) is 3.13. The third-order valence-electron chi connectivity index (χ3n) is 4.79. The van der Waals surface area contributed by atoms with Gasteiger partial charge in [-0.15, -0.1) is 0 Å². The molecule has 1 aromatic heterocycles. The Labute approximate surface area is 195 Å². The van der Waals surface area contributed by atoms with E-state index in [2.05, 4.69) is 15.3 Å². The number of rotatable bonds is 11. The fraction of sp³-hybridized carbons (Fsp3) is 0.318. The molecule has 0 atom stereocenters. The molecule has 0 saturated heterocycles. The number of aromatic nitrogens is 2. The number of nitrogens with zero attached hydrogens (tertiary/aromatic N) is 2. The first-order chi connectivity index (χ1) is 15.5.